The van der Waals surface area contributed by atoms with Crippen LogP contribution < -0.4 is 11.6 Å². The average molecular weight is 169 g/mol. The second kappa shape index (κ2) is 2.98. The zero-order valence-electron chi connectivity index (χ0n) is 7.63. The fourth-order valence-corrected chi connectivity index (χ4v) is 2.87. The van der Waals surface area contributed by atoms with E-state index in [-0.39, 0.29) is 0 Å². The van der Waals surface area contributed by atoms with E-state index in [1.165, 1.54) is 32.1 Å². The van der Waals surface area contributed by atoms with Crippen molar-refractivity contribution in [3.05, 3.63) is 0 Å². The second-order valence-corrected chi connectivity index (χ2v) is 4.44. The van der Waals surface area contributed by atoms with Crippen molar-refractivity contribution in [2.24, 2.45) is 17.0 Å². The third-order valence-corrected chi connectivity index (χ3v) is 3.61. The molecule has 0 radical (unpaired) electrons. The molecular weight excluding hydrogens is 150 g/mol. The molecular formula is C9H19N3. The maximum absolute atomic E-state index is 6.12. The van der Waals surface area contributed by atoms with E-state index in [2.05, 4.69) is 0 Å². The van der Waals surface area contributed by atoms with Crippen LogP contribution in [0.15, 0.2) is 0 Å². The number of nitrogens with zero attached hydrogens (tertiary/aromatic N) is 1. The molecule has 2 unspecified atom stereocenters. The Balaban J connectivity index is 2.08. The van der Waals surface area contributed by atoms with Crippen LogP contribution in [0.5, 0.6) is 0 Å². The zero-order valence-corrected chi connectivity index (χ0v) is 7.63. The summed E-state index contributed by atoms with van der Waals surface area (Å²) in [7, 11) is 0. The van der Waals surface area contributed by atoms with Gasteiger partial charge in [-0.15, -0.1) is 0 Å². The summed E-state index contributed by atoms with van der Waals surface area (Å²) in [6, 6.07) is 0.406. The van der Waals surface area contributed by atoms with Gasteiger partial charge in [-0.25, -0.2) is 5.01 Å². The Hall–Kier alpha value is -0.120. The van der Waals surface area contributed by atoms with Crippen LogP contribution in [0.4, 0.5) is 0 Å². The Morgan fingerprint density at radius 2 is 2.00 bits per heavy atom. The quantitative estimate of drug-likeness (QED) is 0.518. The molecule has 1 saturated carbocycles. The van der Waals surface area contributed by atoms with E-state index in [1.54, 1.807) is 0 Å². The Morgan fingerprint density at radius 3 is 2.58 bits per heavy atom. The van der Waals surface area contributed by atoms with Gasteiger partial charge in [0.1, 0.15) is 0 Å². The predicted octanol–water partition coefficient (Wildman–Crippen LogP) is 0.453. The van der Waals surface area contributed by atoms with Gasteiger partial charge in [0.2, 0.25) is 0 Å². The Morgan fingerprint density at radius 1 is 1.25 bits per heavy atom. The first-order chi connectivity index (χ1) is 5.73. The lowest BCUT2D eigenvalue weighted by atomic mass is 9.76. The molecule has 4 N–H and O–H groups in total. The van der Waals surface area contributed by atoms with Crippen molar-refractivity contribution < 1.29 is 0 Å². The zero-order chi connectivity index (χ0) is 8.60. The summed E-state index contributed by atoms with van der Waals surface area (Å²) in [5.74, 6) is 5.83. The number of hydrazine groups is 1. The fraction of sp³-hybridized carbons (Fsp3) is 1.00. The molecule has 0 amide bonds. The highest BCUT2D eigenvalue weighted by Gasteiger charge is 2.42. The summed E-state index contributed by atoms with van der Waals surface area (Å²) in [5, 5.41) is 1.95. The van der Waals surface area contributed by atoms with Crippen LogP contribution in [0.1, 0.15) is 32.1 Å². The molecule has 1 saturated heterocycles. The van der Waals surface area contributed by atoms with Crippen LogP contribution in [-0.2, 0) is 0 Å². The van der Waals surface area contributed by atoms with Gasteiger partial charge in [0, 0.05) is 19.1 Å². The third-order valence-electron chi connectivity index (χ3n) is 3.61. The molecule has 0 aromatic carbocycles. The molecule has 0 aromatic heterocycles. The van der Waals surface area contributed by atoms with Crippen molar-refractivity contribution in [2.45, 2.75) is 38.1 Å². The molecule has 2 atom stereocenters. The van der Waals surface area contributed by atoms with E-state index in [0.29, 0.717) is 11.5 Å². The summed E-state index contributed by atoms with van der Waals surface area (Å²) in [4.78, 5) is 0. The van der Waals surface area contributed by atoms with Gasteiger partial charge in [-0.1, -0.05) is 6.42 Å². The number of nitrogens with two attached hydrogens (primary N) is 2. The van der Waals surface area contributed by atoms with E-state index in [1.807, 2.05) is 5.01 Å². The van der Waals surface area contributed by atoms with Crippen molar-refractivity contribution >= 4 is 0 Å². The summed E-state index contributed by atoms with van der Waals surface area (Å²) in [5.41, 5.74) is 6.51. The Labute approximate surface area is 74.1 Å². The average Bonchev–Trinajstić information content (AvgIpc) is 2.33. The lowest BCUT2D eigenvalue weighted by Crippen LogP contribution is -2.52. The molecule has 70 valence electrons. The monoisotopic (exact) mass is 169 g/mol. The lowest BCUT2D eigenvalue weighted by molar-refractivity contribution is 0.0803. The van der Waals surface area contributed by atoms with Gasteiger partial charge in [0.25, 0.3) is 0 Å². The molecule has 1 heterocycles. The lowest BCUT2D eigenvalue weighted by Gasteiger charge is -2.41. The minimum Gasteiger partial charge on any atom is -0.327 e. The minimum absolute atomic E-state index is 0.382. The van der Waals surface area contributed by atoms with Crippen molar-refractivity contribution in [3.63, 3.8) is 0 Å². The maximum Gasteiger partial charge on any atom is 0.0200 e. The van der Waals surface area contributed by atoms with Gasteiger partial charge < -0.3 is 5.73 Å². The van der Waals surface area contributed by atoms with Crippen LogP contribution in [0.2, 0.25) is 0 Å². The molecule has 3 heteroatoms. The van der Waals surface area contributed by atoms with Crippen LogP contribution in [0.25, 0.3) is 0 Å². The summed E-state index contributed by atoms with van der Waals surface area (Å²) >= 11 is 0. The summed E-state index contributed by atoms with van der Waals surface area (Å²) in [6.45, 7) is 2.07. The van der Waals surface area contributed by atoms with E-state index in [9.17, 15) is 0 Å². The fourth-order valence-electron chi connectivity index (χ4n) is 2.87. The molecule has 1 aliphatic heterocycles. The molecule has 0 bridgehead atoms. The predicted molar refractivity (Wildman–Crippen MR) is 49.3 cm³/mol. The van der Waals surface area contributed by atoms with Gasteiger partial charge in [-0.05, 0) is 31.1 Å². The molecule has 3 nitrogen and oxygen atoms in total. The van der Waals surface area contributed by atoms with E-state index in [4.69, 9.17) is 11.6 Å². The first-order valence-corrected chi connectivity index (χ1v) is 4.98. The largest absolute Gasteiger partial charge is 0.327 e. The highest BCUT2D eigenvalue weighted by molar-refractivity contribution is 4.97. The standard InChI is InChI=1S/C9H19N3/c10-8-3-1-4-9(8)5-2-6-12(11)7-9/h8H,1-7,10-11H2. The van der Waals surface area contributed by atoms with Crippen LogP contribution in [-0.4, -0.2) is 24.1 Å². The van der Waals surface area contributed by atoms with Crippen LogP contribution >= 0.6 is 0 Å². The van der Waals surface area contributed by atoms with Gasteiger partial charge >= 0.3 is 0 Å². The van der Waals surface area contributed by atoms with E-state index in [0.717, 1.165) is 13.1 Å². The molecule has 2 aliphatic rings. The maximum atomic E-state index is 6.12. The van der Waals surface area contributed by atoms with Crippen molar-refractivity contribution in [1.82, 2.24) is 5.01 Å². The van der Waals surface area contributed by atoms with Crippen LogP contribution in [0, 0.1) is 5.41 Å². The van der Waals surface area contributed by atoms with Gasteiger partial charge in [-0.3, -0.25) is 5.84 Å². The smallest absolute Gasteiger partial charge is 0.0200 e. The van der Waals surface area contributed by atoms with Crippen molar-refractivity contribution in [3.8, 4) is 0 Å². The number of piperidine rings is 1. The highest BCUT2D eigenvalue weighted by atomic mass is 15.4. The number of hydrogen-bond acceptors (Lipinski definition) is 3. The minimum atomic E-state index is 0.382. The number of hydrogen-bond donors (Lipinski definition) is 2. The first-order valence-electron chi connectivity index (χ1n) is 4.98. The second-order valence-electron chi connectivity index (χ2n) is 4.44. The van der Waals surface area contributed by atoms with Gasteiger partial charge in [0.05, 0.1) is 0 Å². The SMILES string of the molecule is NC1CCCC12CCCN(N)C2. The van der Waals surface area contributed by atoms with Crippen LogP contribution in [0.3, 0.4) is 0 Å². The third kappa shape index (κ3) is 1.26. The molecule has 1 aliphatic carbocycles. The molecule has 12 heavy (non-hydrogen) atoms. The van der Waals surface area contributed by atoms with Crippen molar-refractivity contribution in [1.29, 1.82) is 0 Å². The topological polar surface area (TPSA) is 55.3 Å². The molecule has 2 fully saturated rings. The van der Waals surface area contributed by atoms with Gasteiger partial charge in [-0.2, -0.15) is 0 Å². The normalized spacial score (nSPS) is 44.0. The van der Waals surface area contributed by atoms with Crippen molar-refractivity contribution in [2.75, 3.05) is 13.1 Å². The van der Waals surface area contributed by atoms with E-state index < -0.39 is 0 Å². The van der Waals surface area contributed by atoms with E-state index >= 15 is 0 Å². The first kappa shape index (κ1) is 8.48. The number of rotatable bonds is 0. The molecule has 0 aromatic rings. The summed E-state index contributed by atoms with van der Waals surface area (Å²) < 4.78 is 0. The molecule has 1 spiro atoms. The Kier molecular flexibility index (Phi) is 2.10. The highest BCUT2D eigenvalue weighted by Crippen LogP contribution is 2.43. The van der Waals surface area contributed by atoms with Gasteiger partial charge in [0.15, 0.2) is 0 Å². The summed E-state index contributed by atoms with van der Waals surface area (Å²) in [6.07, 6.45) is 6.32. The molecule has 2 rings (SSSR count). The Bertz CT molecular complexity index is 171.